The first-order valence-corrected chi connectivity index (χ1v) is 7.24. The highest BCUT2D eigenvalue weighted by Gasteiger charge is 2.36. The monoisotopic (exact) mass is 290 g/mol. The van der Waals surface area contributed by atoms with Crippen molar-refractivity contribution in [2.24, 2.45) is 5.41 Å². The Labute approximate surface area is 122 Å². The molecular formula is C14H27ClN2O2. The molecule has 2 rings (SSSR count). The van der Waals surface area contributed by atoms with E-state index in [0.717, 1.165) is 19.5 Å². The third-order valence-corrected chi connectivity index (χ3v) is 4.35. The zero-order chi connectivity index (χ0) is 13.2. The topological polar surface area (TPSA) is 52.6 Å². The summed E-state index contributed by atoms with van der Waals surface area (Å²) in [4.78, 5) is 14.4. The van der Waals surface area contributed by atoms with Gasteiger partial charge < -0.3 is 15.3 Å². The van der Waals surface area contributed by atoms with Gasteiger partial charge in [-0.3, -0.25) is 4.79 Å². The number of halogens is 1. The summed E-state index contributed by atoms with van der Waals surface area (Å²) in [5, 5.41) is 12.6. The van der Waals surface area contributed by atoms with Gasteiger partial charge >= 0.3 is 0 Å². The number of β-amino-alcohol motifs (C(OH)–C–C–N with tert-alkyl or cyclic N) is 1. The number of nitrogens with zero attached hydrogens (tertiary/aromatic N) is 1. The number of aliphatic hydroxyl groups excluding tert-OH is 1. The smallest absolute Gasteiger partial charge is 0.239 e. The number of hydrogen-bond donors (Lipinski definition) is 2. The number of rotatable bonds is 3. The molecule has 0 radical (unpaired) electrons. The summed E-state index contributed by atoms with van der Waals surface area (Å²) in [5.41, 5.74) is 0.292. The van der Waals surface area contributed by atoms with Crippen molar-refractivity contribution in [1.29, 1.82) is 0 Å². The third-order valence-electron chi connectivity index (χ3n) is 4.35. The Morgan fingerprint density at radius 3 is 2.84 bits per heavy atom. The van der Waals surface area contributed by atoms with E-state index in [4.69, 9.17) is 0 Å². The van der Waals surface area contributed by atoms with Gasteiger partial charge in [0.2, 0.25) is 5.91 Å². The van der Waals surface area contributed by atoms with E-state index >= 15 is 0 Å². The van der Waals surface area contributed by atoms with Crippen LogP contribution in [0.1, 0.15) is 46.0 Å². The molecule has 112 valence electrons. The largest absolute Gasteiger partial charge is 0.392 e. The number of aliphatic hydroxyl groups is 1. The summed E-state index contributed by atoms with van der Waals surface area (Å²) >= 11 is 0. The summed E-state index contributed by atoms with van der Waals surface area (Å²) < 4.78 is 0. The molecule has 2 heterocycles. The molecule has 0 saturated carbocycles. The molecule has 2 saturated heterocycles. The van der Waals surface area contributed by atoms with Crippen LogP contribution in [-0.4, -0.2) is 47.7 Å². The lowest BCUT2D eigenvalue weighted by Crippen LogP contribution is -2.50. The van der Waals surface area contributed by atoms with Gasteiger partial charge in [-0.1, -0.05) is 20.3 Å². The summed E-state index contributed by atoms with van der Waals surface area (Å²) in [6.07, 6.45) is 4.92. The van der Waals surface area contributed by atoms with Crippen LogP contribution < -0.4 is 5.32 Å². The lowest BCUT2D eigenvalue weighted by atomic mass is 9.78. The lowest BCUT2D eigenvalue weighted by Gasteiger charge is -2.41. The van der Waals surface area contributed by atoms with Crippen molar-refractivity contribution in [2.75, 3.05) is 19.6 Å². The van der Waals surface area contributed by atoms with Crippen LogP contribution in [0.3, 0.4) is 0 Å². The molecule has 2 aliphatic rings. The van der Waals surface area contributed by atoms with Gasteiger partial charge in [-0.05, 0) is 31.1 Å². The molecule has 0 aromatic carbocycles. The lowest BCUT2D eigenvalue weighted by molar-refractivity contribution is -0.136. The van der Waals surface area contributed by atoms with Crippen LogP contribution in [0.15, 0.2) is 0 Å². The van der Waals surface area contributed by atoms with E-state index in [0.29, 0.717) is 18.4 Å². The van der Waals surface area contributed by atoms with Gasteiger partial charge in [0, 0.05) is 19.6 Å². The molecule has 3 atom stereocenters. The second-order valence-corrected chi connectivity index (χ2v) is 6.27. The summed E-state index contributed by atoms with van der Waals surface area (Å²) in [6.45, 7) is 6.82. The van der Waals surface area contributed by atoms with Gasteiger partial charge in [-0.2, -0.15) is 0 Å². The zero-order valence-corrected chi connectivity index (χ0v) is 12.8. The van der Waals surface area contributed by atoms with Crippen LogP contribution in [0.2, 0.25) is 0 Å². The molecular weight excluding hydrogens is 264 g/mol. The van der Waals surface area contributed by atoms with Crippen LogP contribution in [-0.2, 0) is 4.79 Å². The molecule has 0 aromatic heterocycles. The minimum absolute atomic E-state index is 0. The first kappa shape index (κ1) is 16.7. The number of carbonyl (C=O) groups is 1. The van der Waals surface area contributed by atoms with Crippen molar-refractivity contribution < 1.29 is 9.90 Å². The number of nitrogens with one attached hydrogen (secondary N) is 1. The maximum atomic E-state index is 12.4. The summed E-state index contributed by atoms with van der Waals surface area (Å²) in [7, 11) is 0. The molecule has 2 N–H and O–H groups in total. The molecule has 3 unspecified atom stereocenters. The average molecular weight is 291 g/mol. The fourth-order valence-corrected chi connectivity index (χ4v) is 3.44. The number of piperidine rings is 1. The fraction of sp³-hybridized carbons (Fsp3) is 0.929. The molecule has 19 heavy (non-hydrogen) atoms. The van der Waals surface area contributed by atoms with Crippen molar-refractivity contribution in [3.8, 4) is 0 Å². The third kappa shape index (κ3) is 4.07. The first-order chi connectivity index (χ1) is 8.54. The Balaban J connectivity index is 0.00000180. The van der Waals surface area contributed by atoms with Gasteiger partial charge in [-0.15, -0.1) is 12.4 Å². The Hall–Kier alpha value is -0.320. The quantitative estimate of drug-likeness (QED) is 0.829. The summed E-state index contributed by atoms with van der Waals surface area (Å²) in [6, 6.07) is -0.163. The van der Waals surface area contributed by atoms with Crippen LogP contribution >= 0.6 is 12.4 Å². The normalized spacial score (nSPS) is 35.0. The van der Waals surface area contributed by atoms with Crippen LogP contribution in [0, 0.1) is 5.41 Å². The predicted octanol–water partition coefficient (Wildman–Crippen LogP) is 1.56. The van der Waals surface area contributed by atoms with E-state index in [-0.39, 0.29) is 30.5 Å². The van der Waals surface area contributed by atoms with Crippen LogP contribution in [0.5, 0.6) is 0 Å². The highest BCUT2D eigenvalue weighted by Crippen LogP contribution is 2.34. The van der Waals surface area contributed by atoms with Crippen LogP contribution in [0.4, 0.5) is 0 Å². The Morgan fingerprint density at radius 1 is 1.53 bits per heavy atom. The zero-order valence-electron chi connectivity index (χ0n) is 12.0. The SMILES string of the molecule is CCCC1(C)CCCN(C(=O)C2CC(O)CN2)C1.Cl. The molecule has 0 aromatic rings. The van der Waals surface area contributed by atoms with E-state index in [1.54, 1.807) is 0 Å². The van der Waals surface area contributed by atoms with Gasteiger partial charge in [0.1, 0.15) is 0 Å². The molecule has 2 aliphatic heterocycles. The van der Waals surface area contributed by atoms with Crippen molar-refractivity contribution >= 4 is 18.3 Å². The molecule has 4 nitrogen and oxygen atoms in total. The Morgan fingerprint density at radius 2 is 2.26 bits per heavy atom. The first-order valence-electron chi connectivity index (χ1n) is 7.24. The summed E-state index contributed by atoms with van der Waals surface area (Å²) in [5.74, 6) is 0.188. The molecule has 0 aliphatic carbocycles. The number of carbonyl (C=O) groups excluding carboxylic acids is 1. The highest BCUT2D eigenvalue weighted by atomic mass is 35.5. The van der Waals surface area contributed by atoms with E-state index in [1.807, 2.05) is 4.90 Å². The fourth-order valence-electron chi connectivity index (χ4n) is 3.44. The highest BCUT2D eigenvalue weighted by molar-refractivity contribution is 5.85. The molecule has 5 heteroatoms. The van der Waals surface area contributed by atoms with E-state index < -0.39 is 0 Å². The second kappa shape index (κ2) is 6.91. The van der Waals surface area contributed by atoms with Gasteiger partial charge in [-0.25, -0.2) is 0 Å². The van der Waals surface area contributed by atoms with Crippen LogP contribution in [0.25, 0.3) is 0 Å². The standard InChI is InChI=1S/C14H26N2O2.ClH/c1-3-5-14(2)6-4-7-16(10-14)13(18)12-8-11(17)9-15-12;/h11-12,15,17H,3-10H2,1-2H3;1H. The minimum Gasteiger partial charge on any atom is -0.392 e. The van der Waals surface area contributed by atoms with Gasteiger partial charge in [0.15, 0.2) is 0 Å². The van der Waals surface area contributed by atoms with E-state index in [9.17, 15) is 9.90 Å². The van der Waals surface area contributed by atoms with Crippen molar-refractivity contribution in [3.05, 3.63) is 0 Å². The second-order valence-electron chi connectivity index (χ2n) is 6.27. The van der Waals surface area contributed by atoms with E-state index in [1.165, 1.54) is 19.3 Å². The predicted molar refractivity (Wildman–Crippen MR) is 78.5 cm³/mol. The minimum atomic E-state index is -0.356. The maximum Gasteiger partial charge on any atom is 0.239 e. The maximum absolute atomic E-state index is 12.4. The van der Waals surface area contributed by atoms with Gasteiger partial charge in [0.25, 0.3) is 0 Å². The average Bonchev–Trinajstić information content (AvgIpc) is 2.75. The molecule has 2 fully saturated rings. The number of hydrogen-bond acceptors (Lipinski definition) is 3. The Bertz CT molecular complexity index is 310. The number of amides is 1. The van der Waals surface area contributed by atoms with Crippen molar-refractivity contribution in [1.82, 2.24) is 10.2 Å². The number of likely N-dealkylation sites (tertiary alicyclic amines) is 1. The van der Waals surface area contributed by atoms with Gasteiger partial charge in [0.05, 0.1) is 12.1 Å². The Kier molecular flexibility index (Phi) is 6.09. The van der Waals surface area contributed by atoms with Crippen molar-refractivity contribution in [2.45, 2.75) is 58.1 Å². The molecule has 0 bridgehead atoms. The van der Waals surface area contributed by atoms with Crippen molar-refractivity contribution in [3.63, 3.8) is 0 Å². The molecule has 1 amide bonds. The van der Waals surface area contributed by atoms with E-state index in [2.05, 4.69) is 19.2 Å². The molecule has 0 spiro atoms.